The van der Waals surface area contributed by atoms with Gasteiger partial charge in [0, 0.05) is 12.4 Å². The van der Waals surface area contributed by atoms with Gasteiger partial charge in [-0.05, 0) is 56.7 Å². The van der Waals surface area contributed by atoms with Gasteiger partial charge in [0.05, 0.1) is 5.92 Å². The Morgan fingerprint density at radius 3 is 2.26 bits per heavy atom. The van der Waals surface area contributed by atoms with Crippen LogP contribution in [0.25, 0.3) is 0 Å². The summed E-state index contributed by atoms with van der Waals surface area (Å²) >= 11 is 0. The number of alkyl carbamates (subject to hydrolysis) is 1. The lowest BCUT2D eigenvalue weighted by Gasteiger charge is -2.28. The highest BCUT2D eigenvalue weighted by molar-refractivity contribution is 7.58. The lowest BCUT2D eigenvalue weighted by atomic mass is 10.0. The monoisotopic (exact) mass is 563 g/mol. The number of carboxylic acids is 1. The largest absolute Gasteiger partial charge is 0.481 e. The fourth-order valence-electron chi connectivity index (χ4n) is 3.84. The third-order valence-electron chi connectivity index (χ3n) is 5.61. The van der Waals surface area contributed by atoms with Crippen LogP contribution in [0.5, 0.6) is 0 Å². The highest BCUT2D eigenvalue weighted by atomic mass is 31.2. The summed E-state index contributed by atoms with van der Waals surface area (Å²) in [5.41, 5.74) is 1.14. The zero-order valence-corrected chi connectivity index (χ0v) is 24.0. The molecular weight excluding hydrogens is 525 g/mol. The van der Waals surface area contributed by atoms with Crippen LogP contribution in [-0.4, -0.2) is 50.7 Å². The molecular formula is C27H38N3O8P. The fraction of sp³-hybridized carbons (Fsp3) is 0.481. The van der Waals surface area contributed by atoms with Crippen LogP contribution < -0.4 is 10.6 Å². The number of pyridine rings is 1. The molecule has 3 atom stereocenters. The molecule has 4 N–H and O–H groups in total. The summed E-state index contributed by atoms with van der Waals surface area (Å²) in [6, 6.07) is 10.6. The first-order valence-electron chi connectivity index (χ1n) is 12.5. The van der Waals surface area contributed by atoms with Crippen LogP contribution in [-0.2, 0) is 31.9 Å². The SMILES string of the molecule is Cc1cc(CC(CP(=O)(O)C(NC(=O)OCc2ccccc2)C(C)C)C(=O)O)cnc1NC(=O)OC(C)(C)C. The van der Waals surface area contributed by atoms with Crippen LogP contribution in [0.1, 0.15) is 51.3 Å². The number of carboxylic acid groups (broad SMARTS) is 1. The number of benzene rings is 1. The molecule has 0 spiro atoms. The molecule has 39 heavy (non-hydrogen) atoms. The van der Waals surface area contributed by atoms with E-state index in [1.807, 2.05) is 6.07 Å². The van der Waals surface area contributed by atoms with Gasteiger partial charge in [-0.2, -0.15) is 0 Å². The molecule has 3 unspecified atom stereocenters. The first kappa shape index (κ1) is 31.8. The Kier molecular flexibility index (Phi) is 11.1. The third-order valence-corrected chi connectivity index (χ3v) is 8.17. The van der Waals surface area contributed by atoms with Crippen molar-refractivity contribution >= 4 is 31.3 Å². The van der Waals surface area contributed by atoms with E-state index in [1.54, 1.807) is 71.9 Å². The number of amides is 2. The molecule has 0 bridgehead atoms. The average molecular weight is 564 g/mol. The molecule has 0 aliphatic carbocycles. The van der Waals surface area contributed by atoms with E-state index in [2.05, 4.69) is 15.6 Å². The maximum absolute atomic E-state index is 13.4. The van der Waals surface area contributed by atoms with Crippen molar-refractivity contribution in [3.63, 3.8) is 0 Å². The van der Waals surface area contributed by atoms with Crippen molar-refractivity contribution in [2.45, 2.75) is 66.0 Å². The molecule has 2 aromatic rings. The highest BCUT2D eigenvalue weighted by Gasteiger charge is 2.39. The van der Waals surface area contributed by atoms with Gasteiger partial charge in [0.25, 0.3) is 0 Å². The van der Waals surface area contributed by atoms with Crippen molar-refractivity contribution in [1.29, 1.82) is 0 Å². The maximum Gasteiger partial charge on any atom is 0.413 e. The number of rotatable bonds is 11. The molecule has 0 radical (unpaired) electrons. The van der Waals surface area contributed by atoms with Gasteiger partial charge < -0.3 is 24.8 Å². The smallest absolute Gasteiger partial charge is 0.413 e. The van der Waals surface area contributed by atoms with E-state index in [0.717, 1.165) is 5.56 Å². The fourth-order valence-corrected chi connectivity index (χ4v) is 6.22. The number of aliphatic carboxylic acids is 1. The number of anilines is 1. The summed E-state index contributed by atoms with van der Waals surface area (Å²) in [5, 5.41) is 14.8. The van der Waals surface area contributed by atoms with E-state index in [9.17, 15) is 28.9 Å². The standard InChI is InChI=1S/C27H38N3O8P/c1-17(2)23(30-25(33)37-15-19-10-8-7-9-11-19)39(35,36)16-21(24(31)32)13-20-12-18(3)22(28-14-20)29-26(34)38-27(4,5)6/h7-12,14,17,21,23H,13,15-16H2,1-6H3,(H,30,33)(H,31,32)(H,35,36)(H,28,29,34). The van der Waals surface area contributed by atoms with E-state index in [-0.39, 0.29) is 18.8 Å². The van der Waals surface area contributed by atoms with Crippen LogP contribution in [0.3, 0.4) is 0 Å². The quantitative estimate of drug-likeness (QED) is 0.270. The van der Waals surface area contributed by atoms with Crippen molar-refractivity contribution in [3.8, 4) is 0 Å². The van der Waals surface area contributed by atoms with E-state index >= 15 is 0 Å². The van der Waals surface area contributed by atoms with Crippen molar-refractivity contribution in [1.82, 2.24) is 10.3 Å². The summed E-state index contributed by atoms with van der Waals surface area (Å²) in [5.74, 6) is -3.91. The molecule has 11 nitrogen and oxygen atoms in total. The van der Waals surface area contributed by atoms with E-state index in [0.29, 0.717) is 11.1 Å². The minimum absolute atomic E-state index is 0.0178. The number of aromatic nitrogens is 1. The van der Waals surface area contributed by atoms with Gasteiger partial charge in [-0.3, -0.25) is 14.7 Å². The van der Waals surface area contributed by atoms with Crippen molar-refractivity contribution in [2.75, 3.05) is 11.5 Å². The lowest BCUT2D eigenvalue weighted by molar-refractivity contribution is -0.141. The Hall–Kier alpha value is -3.43. The first-order valence-corrected chi connectivity index (χ1v) is 14.5. The molecule has 0 aliphatic rings. The van der Waals surface area contributed by atoms with Gasteiger partial charge in [-0.25, -0.2) is 14.6 Å². The van der Waals surface area contributed by atoms with Crippen LogP contribution in [0.2, 0.25) is 0 Å². The Bertz CT molecular complexity index is 1200. The topological polar surface area (TPSA) is 164 Å². The highest BCUT2D eigenvalue weighted by Crippen LogP contribution is 2.50. The number of nitrogens with zero attached hydrogens (tertiary/aromatic N) is 1. The molecule has 214 valence electrons. The predicted molar refractivity (Wildman–Crippen MR) is 147 cm³/mol. The summed E-state index contributed by atoms with van der Waals surface area (Å²) in [6.07, 6.45) is -0.793. The van der Waals surface area contributed by atoms with E-state index in [4.69, 9.17) is 9.47 Å². The van der Waals surface area contributed by atoms with Crippen molar-refractivity contribution < 1.29 is 38.4 Å². The Morgan fingerprint density at radius 1 is 1.08 bits per heavy atom. The van der Waals surface area contributed by atoms with Gasteiger partial charge in [-0.1, -0.05) is 50.2 Å². The number of carbonyl (C=O) groups is 3. The molecule has 1 aromatic heterocycles. The zero-order chi connectivity index (χ0) is 29.4. The third kappa shape index (κ3) is 10.7. The van der Waals surface area contributed by atoms with Crippen LogP contribution in [0.15, 0.2) is 42.6 Å². The van der Waals surface area contributed by atoms with Crippen LogP contribution in [0.4, 0.5) is 15.4 Å². The molecule has 1 aromatic carbocycles. The second kappa shape index (κ2) is 13.6. The number of ether oxygens (including phenoxy) is 2. The molecule has 0 saturated carbocycles. The van der Waals surface area contributed by atoms with Crippen molar-refractivity contribution in [3.05, 3.63) is 59.3 Å². The van der Waals surface area contributed by atoms with E-state index < -0.39 is 54.9 Å². The second-order valence-electron chi connectivity index (χ2n) is 10.7. The molecule has 0 aliphatic heterocycles. The summed E-state index contributed by atoms with van der Waals surface area (Å²) < 4.78 is 23.8. The van der Waals surface area contributed by atoms with Crippen LogP contribution in [0, 0.1) is 18.8 Å². The molecule has 0 fully saturated rings. The Balaban J connectivity index is 2.09. The molecule has 2 amide bonds. The average Bonchev–Trinajstić information content (AvgIpc) is 2.81. The minimum Gasteiger partial charge on any atom is -0.481 e. The Labute approximate surface area is 228 Å². The van der Waals surface area contributed by atoms with E-state index in [1.165, 1.54) is 6.20 Å². The number of nitrogens with one attached hydrogen (secondary N) is 2. The molecule has 0 saturated heterocycles. The number of aryl methyl sites for hydroxylation is 1. The predicted octanol–water partition coefficient (Wildman–Crippen LogP) is 5.16. The number of hydrogen-bond donors (Lipinski definition) is 4. The van der Waals surface area contributed by atoms with Crippen molar-refractivity contribution in [2.24, 2.45) is 11.8 Å². The summed E-state index contributed by atoms with van der Waals surface area (Å²) in [7, 11) is -4.20. The molecule has 2 rings (SSSR count). The minimum atomic E-state index is -4.20. The molecule has 12 heteroatoms. The van der Waals surface area contributed by atoms with Gasteiger partial charge in [-0.15, -0.1) is 0 Å². The zero-order valence-electron chi connectivity index (χ0n) is 23.1. The Morgan fingerprint density at radius 2 is 1.72 bits per heavy atom. The van der Waals surface area contributed by atoms with Gasteiger partial charge in [0.15, 0.2) is 0 Å². The van der Waals surface area contributed by atoms with Gasteiger partial charge in [0.1, 0.15) is 23.8 Å². The van der Waals surface area contributed by atoms with Gasteiger partial charge in [0.2, 0.25) is 7.37 Å². The first-order chi connectivity index (χ1) is 18.1. The summed E-state index contributed by atoms with van der Waals surface area (Å²) in [6.45, 7) is 10.2. The second-order valence-corrected chi connectivity index (χ2v) is 13.1. The van der Waals surface area contributed by atoms with Crippen LogP contribution >= 0.6 is 7.37 Å². The van der Waals surface area contributed by atoms with Gasteiger partial charge >= 0.3 is 18.2 Å². The summed E-state index contributed by atoms with van der Waals surface area (Å²) in [4.78, 5) is 51.6. The number of hydrogen-bond acceptors (Lipinski definition) is 7. The maximum atomic E-state index is 13.4. The number of carbonyl (C=O) groups excluding carboxylic acids is 2. The lowest BCUT2D eigenvalue weighted by Crippen LogP contribution is -2.40. The normalized spacial score (nSPS) is 14.6. The molecule has 1 heterocycles.